The summed E-state index contributed by atoms with van der Waals surface area (Å²) in [7, 11) is 1.32. The fraction of sp³-hybridized carbons (Fsp3) is 0.435. The van der Waals surface area contributed by atoms with E-state index in [0.717, 1.165) is 6.42 Å². The predicted octanol–water partition coefficient (Wildman–Crippen LogP) is 3.55. The van der Waals surface area contributed by atoms with E-state index in [1.54, 1.807) is 54.7 Å². The molecule has 3 unspecified atom stereocenters. The molecule has 0 aliphatic heterocycles. The molecule has 0 radical (unpaired) electrons. The van der Waals surface area contributed by atoms with Crippen LogP contribution in [0.15, 0.2) is 72.9 Å². The van der Waals surface area contributed by atoms with Gasteiger partial charge in [0.05, 0.1) is 25.4 Å². The summed E-state index contributed by atoms with van der Waals surface area (Å²) in [5.74, 6) is -0.343. The lowest BCUT2D eigenvalue weighted by Gasteiger charge is -2.02. The molecular formula is C23H34O5. The van der Waals surface area contributed by atoms with Gasteiger partial charge in [0, 0.05) is 6.42 Å². The molecule has 0 bridgehead atoms. The Labute approximate surface area is 168 Å². The highest BCUT2D eigenvalue weighted by Crippen LogP contribution is 2.01. The van der Waals surface area contributed by atoms with Crippen molar-refractivity contribution in [1.29, 1.82) is 0 Å². The lowest BCUT2D eigenvalue weighted by Crippen LogP contribution is -2.07. The van der Waals surface area contributed by atoms with Crippen molar-refractivity contribution in [1.82, 2.24) is 0 Å². The zero-order chi connectivity index (χ0) is 21.0. The number of rotatable bonds is 14. The fourth-order valence-electron chi connectivity index (χ4n) is 2.03. The summed E-state index contributed by atoms with van der Waals surface area (Å²) in [5, 5.41) is 29.2. The molecule has 0 aliphatic rings. The first-order chi connectivity index (χ1) is 13.5. The zero-order valence-corrected chi connectivity index (χ0v) is 16.9. The molecule has 5 nitrogen and oxygen atoms in total. The molecule has 0 aromatic carbocycles. The number of allylic oxidation sites excluding steroid dienone is 7. The third-order valence-electron chi connectivity index (χ3n) is 3.61. The van der Waals surface area contributed by atoms with Crippen molar-refractivity contribution in [2.75, 3.05) is 7.11 Å². The minimum absolute atomic E-state index is 0.176. The Bertz CT molecular complexity index is 570. The van der Waals surface area contributed by atoms with Crippen molar-refractivity contribution >= 4 is 5.97 Å². The van der Waals surface area contributed by atoms with Crippen molar-refractivity contribution in [3.63, 3.8) is 0 Å². The highest BCUT2D eigenvalue weighted by molar-refractivity contribution is 5.69. The van der Waals surface area contributed by atoms with Crippen LogP contribution in [0.2, 0.25) is 0 Å². The molecule has 3 N–H and O–H groups in total. The Kier molecular flexibility index (Phi) is 16.7. The van der Waals surface area contributed by atoms with Crippen molar-refractivity contribution < 1.29 is 24.9 Å². The number of hydrogen-bond acceptors (Lipinski definition) is 5. The summed E-state index contributed by atoms with van der Waals surface area (Å²) < 4.78 is 4.51. The smallest absolute Gasteiger partial charge is 0.305 e. The van der Waals surface area contributed by atoms with Gasteiger partial charge >= 0.3 is 5.97 Å². The second-order valence-electron chi connectivity index (χ2n) is 6.14. The number of methoxy groups -OCH3 is 1. The normalized spacial score (nSPS) is 16.3. The van der Waals surface area contributed by atoms with Crippen LogP contribution in [-0.2, 0) is 9.53 Å². The van der Waals surface area contributed by atoms with Crippen LogP contribution in [0.4, 0.5) is 0 Å². The number of carbonyl (C=O) groups excluding carboxylic acids is 1. The van der Waals surface area contributed by atoms with Gasteiger partial charge in [-0.3, -0.25) is 4.79 Å². The molecule has 0 aromatic rings. The maximum Gasteiger partial charge on any atom is 0.305 e. The number of ether oxygens (including phenoxy) is 1. The Hall–Kier alpha value is -2.21. The Morgan fingerprint density at radius 1 is 0.786 bits per heavy atom. The van der Waals surface area contributed by atoms with E-state index in [1.807, 2.05) is 25.2 Å². The van der Waals surface area contributed by atoms with Crippen LogP contribution in [0.5, 0.6) is 0 Å². The van der Waals surface area contributed by atoms with E-state index in [1.165, 1.54) is 7.11 Å². The quantitative estimate of drug-likeness (QED) is 0.240. The van der Waals surface area contributed by atoms with Crippen molar-refractivity contribution in [2.45, 2.75) is 57.3 Å². The van der Waals surface area contributed by atoms with E-state index in [0.29, 0.717) is 19.3 Å². The molecule has 28 heavy (non-hydrogen) atoms. The first-order valence-electron chi connectivity index (χ1n) is 9.60. The number of hydrogen-bond donors (Lipinski definition) is 3. The lowest BCUT2D eigenvalue weighted by molar-refractivity contribution is -0.141. The molecule has 0 rings (SSSR count). The molecule has 0 heterocycles. The van der Waals surface area contributed by atoms with E-state index in [4.69, 9.17) is 0 Å². The molecule has 5 heteroatoms. The topological polar surface area (TPSA) is 87.0 Å². The monoisotopic (exact) mass is 390 g/mol. The summed E-state index contributed by atoms with van der Waals surface area (Å²) in [5.41, 5.74) is 0. The maximum atomic E-state index is 11.0. The zero-order valence-electron chi connectivity index (χ0n) is 16.9. The highest BCUT2D eigenvalue weighted by Gasteiger charge is 2.04. The standard InChI is InChI=1S/C23H34O5/c1-3-4-8-13-20(24)15-11-7-12-16-21(25)14-9-5-6-10-17-22(26)18-19-23(27)28-2/h4-12,14-15,17,20-22,24-26H,3,13,16,18-19H2,1-2H3. The maximum absolute atomic E-state index is 11.0. The number of aliphatic hydroxyl groups is 3. The van der Waals surface area contributed by atoms with Gasteiger partial charge in [-0.05, 0) is 25.7 Å². The molecule has 0 saturated carbocycles. The average Bonchev–Trinajstić information content (AvgIpc) is 2.68. The molecular weight excluding hydrogens is 356 g/mol. The van der Waals surface area contributed by atoms with Crippen LogP contribution in [-0.4, -0.2) is 46.7 Å². The van der Waals surface area contributed by atoms with Gasteiger partial charge in [0.25, 0.3) is 0 Å². The molecule has 3 atom stereocenters. The first-order valence-corrected chi connectivity index (χ1v) is 9.60. The van der Waals surface area contributed by atoms with Crippen LogP contribution >= 0.6 is 0 Å². The average molecular weight is 391 g/mol. The van der Waals surface area contributed by atoms with Crippen LogP contribution in [0.3, 0.4) is 0 Å². The number of aliphatic hydroxyl groups excluding tert-OH is 3. The lowest BCUT2D eigenvalue weighted by atomic mass is 10.2. The minimum atomic E-state index is -0.697. The third kappa shape index (κ3) is 17.2. The van der Waals surface area contributed by atoms with Crippen molar-refractivity contribution in [3.05, 3.63) is 72.9 Å². The second kappa shape index (κ2) is 18.2. The van der Waals surface area contributed by atoms with Gasteiger partial charge in [0.1, 0.15) is 0 Å². The van der Waals surface area contributed by atoms with E-state index >= 15 is 0 Å². The van der Waals surface area contributed by atoms with Gasteiger partial charge in [-0.1, -0.05) is 79.8 Å². The molecule has 0 aromatic heterocycles. The van der Waals surface area contributed by atoms with Gasteiger partial charge in [-0.2, -0.15) is 0 Å². The third-order valence-corrected chi connectivity index (χ3v) is 3.61. The van der Waals surface area contributed by atoms with Gasteiger partial charge in [-0.25, -0.2) is 0 Å². The van der Waals surface area contributed by atoms with Crippen LogP contribution in [0.1, 0.15) is 39.0 Å². The van der Waals surface area contributed by atoms with E-state index in [-0.39, 0.29) is 12.4 Å². The van der Waals surface area contributed by atoms with Crippen LogP contribution in [0.25, 0.3) is 0 Å². The molecule has 0 aliphatic carbocycles. The number of esters is 1. The van der Waals surface area contributed by atoms with Crippen LogP contribution < -0.4 is 0 Å². The molecule has 0 spiro atoms. The molecule has 0 saturated heterocycles. The predicted molar refractivity (Wildman–Crippen MR) is 114 cm³/mol. The first kappa shape index (κ1) is 25.8. The molecule has 0 fully saturated rings. The largest absolute Gasteiger partial charge is 0.469 e. The van der Waals surface area contributed by atoms with Gasteiger partial charge in [0.15, 0.2) is 0 Å². The SMILES string of the molecule is CCC=CCC(O)C=CC=CCC(O)C=CC=CC=CC(O)CCC(=O)OC. The van der Waals surface area contributed by atoms with Crippen LogP contribution in [0, 0.1) is 0 Å². The second-order valence-corrected chi connectivity index (χ2v) is 6.14. The van der Waals surface area contributed by atoms with E-state index in [2.05, 4.69) is 4.74 Å². The van der Waals surface area contributed by atoms with Gasteiger partial charge in [-0.15, -0.1) is 0 Å². The fourth-order valence-corrected chi connectivity index (χ4v) is 2.03. The Balaban J connectivity index is 4.02. The summed E-state index contributed by atoms with van der Waals surface area (Å²) in [4.78, 5) is 11.0. The van der Waals surface area contributed by atoms with Gasteiger partial charge in [0.2, 0.25) is 0 Å². The summed E-state index contributed by atoms with van der Waals surface area (Å²) in [6.45, 7) is 2.05. The van der Waals surface area contributed by atoms with Gasteiger partial charge < -0.3 is 20.1 Å². The Morgan fingerprint density at radius 2 is 1.32 bits per heavy atom. The summed E-state index contributed by atoms with van der Waals surface area (Å²) >= 11 is 0. The molecule has 156 valence electrons. The Morgan fingerprint density at radius 3 is 1.89 bits per heavy atom. The van der Waals surface area contributed by atoms with E-state index in [9.17, 15) is 20.1 Å². The highest BCUT2D eigenvalue weighted by atomic mass is 16.5. The number of carbonyl (C=O) groups is 1. The minimum Gasteiger partial charge on any atom is -0.469 e. The molecule has 0 amide bonds. The van der Waals surface area contributed by atoms with Crippen molar-refractivity contribution in [2.24, 2.45) is 0 Å². The van der Waals surface area contributed by atoms with Crippen molar-refractivity contribution in [3.8, 4) is 0 Å². The summed E-state index contributed by atoms with van der Waals surface area (Å²) in [6, 6.07) is 0. The summed E-state index contributed by atoms with van der Waals surface area (Å²) in [6.07, 6.45) is 22.0. The van der Waals surface area contributed by atoms with E-state index < -0.39 is 18.3 Å².